The van der Waals surface area contributed by atoms with Gasteiger partial charge in [0.15, 0.2) is 0 Å². The van der Waals surface area contributed by atoms with E-state index in [2.05, 4.69) is 9.97 Å². The maximum absolute atomic E-state index is 13.3. The molecule has 2 aromatic rings. The molecule has 4 atom stereocenters. The first kappa shape index (κ1) is 17.2. The molecule has 3 fully saturated rings. The number of hydrogen-bond donors (Lipinski definition) is 0. The molecule has 4 heterocycles. The molecule has 7 rings (SSSR count). The SMILES string of the molecule is O=C1[C@@H]2C3C=CC([C@H]2C(=O)N1c1ccncc1)[C@H]1C(=O)N(c2ccncc2)C(=O)[C@H]31. The van der Waals surface area contributed by atoms with Crippen molar-refractivity contribution in [2.45, 2.75) is 0 Å². The fourth-order valence-electron chi connectivity index (χ4n) is 5.72. The zero-order valence-electron chi connectivity index (χ0n) is 15.7. The minimum absolute atomic E-state index is 0.309. The highest BCUT2D eigenvalue weighted by molar-refractivity contribution is 6.26. The number of allylic oxidation sites excluding steroid dienone is 2. The summed E-state index contributed by atoms with van der Waals surface area (Å²) in [5.74, 6) is -4.70. The highest BCUT2D eigenvalue weighted by atomic mass is 16.2. The molecule has 4 amide bonds. The third-order valence-corrected chi connectivity index (χ3v) is 6.85. The van der Waals surface area contributed by atoms with E-state index in [9.17, 15) is 19.2 Å². The average molecular weight is 400 g/mol. The Hall–Kier alpha value is -3.68. The number of anilines is 2. The van der Waals surface area contributed by atoms with E-state index in [0.717, 1.165) is 0 Å². The van der Waals surface area contributed by atoms with Gasteiger partial charge in [-0.2, -0.15) is 0 Å². The molecule has 2 aliphatic heterocycles. The Labute approximate surface area is 171 Å². The average Bonchev–Trinajstić information content (AvgIpc) is 3.22. The Morgan fingerprint density at radius 2 is 0.833 bits per heavy atom. The van der Waals surface area contributed by atoms with Crippen LogP contribution in [0.4, 0.5) is 11.4 Å². The molecule has 1 saturated carbocycles. The summed E-state index contributed by atoms with van der Waals surface area (Å²) >= 11 is 0. The molecule has 30 heavy (non-hydrogen) atoms. The normalized spacial score (nSPS) is 34.0. The van der Waals surface area contributed by atoms with Crippen LogP contribution in [0, 0.1) is 35.5 Å². The summed E-state index contributed by atoms with van der Waals surface area (Å²) < 4.78 is 0. The molecule has 0 unspecified atom stereocenters. The summed E-state index contributed by atoms with van der Waals surface area (Å²) in [4.78, 5) is 63.5. The van der Waals surface area contributed by atoms with Crippen LogP contribution in [0.5, 0.6) is 0 Å². The predicted octanol–water partition coefficient (Wildman–Crippen LogP) is 1.20. The van der Waals surface area contributed by atoms with E-state index < -0.39 is 35.5 Å². The zero-order chi connectivity index (χ0) is 20.6. The smallest absolute Gasteiger partial charge is 0.238 e. The summed E-state index contributed by atoms with van der Waals surface area (Å²) in [6.07, 6.45) is 9.82. The Balaban J connectivity index is 1.42. The van der Waals surface area contributed by atoms with Crippen molar-refractivity contribution >= 4 is 35.0 Å². The standard InChI is InChI=1S/C22H16N4O4/c27-19-15-13-1-2-14(17(15)21(29)25(19)11-3-7-23-8-4-11)18-16(13)20(28)26(22(18)30)12-5-9-24-10-6-12/h1-10,13-18H/t13?,14?,15-,16-,17-,18-/m1/s1. The van der Waals surface area contributed by atoms with Crippen LogP contribution < -0.4 is 9.80 Å². The molecule has 0 aromatic carbocycles. The molecule has 8 heteroatoms. The zero-order valence-corrected chi connectivity index (χ0v) is 15.7. The summed E-state index contributed by atoms with van der Waals surface area (Å²) in [5, 5.41) is 0. The minimum atomic E-state index is -0.629. The summed E-state index contributed by atoms with van der Waals surface area (Å²) in [7, 11) is 0. The van der Waals surface area contributed by atoms with Crippen molar-refractivity contribution < 1.29 is 19.2 Å². The second kappa shape index (κ2) is 5.91. The van der Waals surface area contributed by atoms with E-state index in [1.165, 1.54) is 34.6 Å². The summed E-state index contributed by atoms with van der Waals surface area (Å²) in [6.45, 7) is 0. The second-order valence-corrected chi connectivity index (χ2v) is 8.08. The highest BCUT2D eigenvalue weighted by Crippen LogP contribution is 2.58. The van der Waals surface area contributed by atoms with Crippen LogP contribution in [0.25, 0.3) is 0 Å². The van der Waals surface area contributed by atoms with Crippen LogP contribution in [0.1, 0.15) is 0 Å². The predicted molar refractivity (Wildman–Crippen MR) is 104 cm³/mol. The molecule has 0 spiro atoms. The largest absolute Gasteiger partial charge is 0.274 e. The van der Waals surface area contributed by atoms with Gasteiger partial charge in [0.1, 0.15) is 0 Å². The lowest BCUT2D eigenvalue weighted by atomic mass is 9.54. The first-order valence-corrected chi connectivity index (χ1v) is 9.83. The molecule has 2 aromatic heterocycles. The third-order valence-electron chi connectivity index (χ3n) is 6.85. The fourth-order valence-corrected chi connectivity index (χ4v) is 5.72. The number of pyridine rings is 2. The molecule has 2 saturated heterocycles. The Morgan fingerprint density at radius 1 is 0.533 bits per heavy atom. The van der Waals surface area contributed by atoms with Gasteiger partial charge in [-0.3, -0.25) is 29.1 Å². The van der Waals surface area contributed by atoms with Crippen LogP contribution >= 0.6 is 0 Å². The van der Waals surface area contributed by atoms with Crippen molar-refractivity contribution in [1.29, 1.82) is 0 Å². The number of nitrogens with zero attached hydrogens (tertiary/aromatic N) is 4. The Kier molecular flexibility index (Phi) is 3.39. The molecule has 0 N–H and O–H groups in total. The second-order valence-electron chi connectivity index (χ2n) is 8.08. The summed E-state index contributed by atoms with van der Waals surface area (Å²) in [5.41, 5.74) is 0.935. The van der Waals surface area contributed by atoms with Gasteiger partial charge in [-0.25, -0.2) is 9.80 Å². The molecule has 2 bridgehead atoms. The number of aromatic nitrogens is 2. The van der Waals surface area contributed by atoms with E-state index in [4.69, 9.17) is 0 Å². The lowest BCUT2D eigenvalue weighted by molar-refractivity contribution is -0.137. The van der Waals surface area contributed by atoms with Gasteiger partial charge in [0.05, 0.1) is 35.0 Å². The lowest BCUT2D eigenvalue weighted by Gasteiger charge is -2.44. The quantitative estimate of drug-likeness (QED) is 0.555. The molecule has 148 valence electrons. The van der Waals surface area contributed by atoms with E-state index in [1.54, 1.807) is 24.3 Å². The number of carbonyl (C=O) groups is 4. The number of carbonyl (C=O) groups excluding carboxylic acids is 4. The molecule has 0 radical (unpaired) electrons. The Morgan fingerprint density at radius 3 is 1.13 bits per heavy atom. The van der Waals surface area contributed by atoms with Crippen molar-refractivity contribution in [3.8, 4) is 0 Å². The van der Waals surface area contributed by atoms with Gasteiger partial charge in [-0.1, -0.05) is 12.2 Å². The van der Waals surface area contributed by atoms with E-state index in [0.29, 0.717) is 11.4 Å². The summed E-state index contributed by atoms with van der Waals surface area (Å²) in [6, 6.07) is 6.46. The highest BCUT2D eigenvalue weighted by Gasteiger charge is 2.68. The maximum atomic E-state index is 13.3. The topological polar surface area (TPSA) is 101 Å². The van der Waals surface area contributed by atoms with Crippen molar-refractivity contribution in [2.24, 2.45) is 35.5 Å². The van der Waals surface area contributed by atoms with Crippen molar-refractivity contribution in [1.82, 2.24) is 9.97 Å². The minimum Gasteiger partial charge on any atom is -0.274 e. The van der Waals surface area contributed by atoms with Gasteiger partial charge in [-0.05, 0) is 24.3 Å². The molecular weight excluding hydrogens is 384 g/mol. The van der Waals surface area contributed by atoms with E-state index >= 15 is 0 Å². The van der Waals surface area contributed by atoms with Gasteiger partial charge in [0.25, 0.3) is 0 Å². The van der Waals surface area contributed by atoms with Gasteiger partial charge in [0.2, 0.25) is 23.6 Å². The first-order chi connectivity index (χ1) is 14.6. The lowest BCUT2D eigenvalue weighted by Crippen LogP contribution is -2.50. The molecule has 3 aliphatic carbocycles. The van der Waals surface area contributed by atoms with Gasteiger partial charge >= 0.3 is 0 Å². The van der Waals surface area contributed by atoms with Gasteiger partial charge in [-0.15, -0.1) is 0 Å². The third kappa shape index (κ3) is 2.00. The maximum Gasteiger partial charge on any atom is 0.238 e. The monoisotopic (exact) mass is 400 g/mol. The number of rotatable bonds is 2. The molecular formula is C22H16N4O4. The number of hydrogen-bond acceptors (Lipinski definition) is 6. The number of imide groups is 2. The molecule has 8 nitrogen and oxygen atoms in total. The van der Waals surface area contributed by atoms with Crippen LogP contribution in [0.15, 0.2) is 61.2 Å². The van der Waals surface area contributed by atoms with E-state index in [1.807, 2.05) is 12.2 Å². The van der Waals surface area contributed by atoms with Crippen LogP contribution in [0.3, 0.4) is 0 Å². The van der Waals surface area contributed by atoms with E-state index in [-0.39, 0.29) is 23.6 Å². The molecule has 5 aliphatic rings. The Bertz CT molecular complexity index is 999. The van der Waals surface area contributed by atoms with Crippen LogP contribution in [-0.4, -0.2) is 33.6 Å². The fraction of sp³-hybridized carbons (Fsp3) is 0.273. The van der Waals surface area contributed by atoms with Gasteiger partial charge < -0.3 is 0 Å². The first-order valence-electron chi connectivity index (χ1n) is 9.83. The van der Waals surface area contributed by atoms with Crippen molar-refractivity contribution in [3.05, 3.63) is 61.2 Å². The van der Waals surface area contributed by atoms with Crippen molar-refractivity contribution in [3.63, 3.8) is 0 Å². The van der Waals surface area contributed by atoms with Gasteiger partial charge in [0, 0.05) is 36.6 Å². The number of amides is 4. The van der Waals surface area contributed by atoms with Crippen LogP contribution in [-0.2, 0) is 19.2 Å². The van der Waals surface area contributed by atoms with Crippen LogP contribution in [0.2, 0.25) is 0 Å². The van der Waals surface area contributed by atoms with Crippen molar-refractivity contribution in [2.75, 3.05) is 9.80 Å².